The van der Waals surface area contributed by atoms with Crippen LogP contribution in [0.5, 0.6) is 0 Å². The molecule has 0 radical (unpaired) electrons. The Balaban J connectivity index is 2.79. The van der Waals surface area contributed by atoms with E-state index in [1.165, 1.54) is 11.3 Å². The number of carbonyl (C=O) groups is 1. The molecule has 2 nitrogen and oxygen atoms in total. The number of rotatable bonds is 3. The monoisotopic (exact) mass is 259 g/mol. The lowest BCUT2D eigenvalue weighted by atomic mass is 10.4. The number of nitrogens with zero attached hydrogens (tertiary/aromatic N) is 1. The van der Waals surface area contributed by atoms with Crippen molar-refractivity contribution in [3.8, 4) is 0 Å². The van der Waals surface area contributed by atoms with Crippen LogP contribution in [0.1, 0.15) is 9.67 Å². The molecule has 0 bridgehead atoms. The summed E-state index contributed by atoms with van der Waals surface area (Å²) >= 11 is 4.76. The fraction of sp³-hybridized carbons (Fsp3) is 0.222. The minimum Gasteiger partial charge on any atom is -0.337 e. The first-order chi connectivity index (χ1) is 6.16. The molecular weight excluding hydrogens is 250 g/mol. The second-order valence-electron chi connectivity index (χ2n) is 2.57. The van der Waals surface area contributed by atoms with Gasteiger partial charge in [0.2, 0.25) is 0 Å². The van der Waals surface area contributed by atoms with E-state index < -0.39 is 0 Å². The molecule has 13 heavy (non-hydrogen) atoms. The van der Waals surface area contributed by atoms with Gasteiger partial charge in [0, 0.05) is 18.1 Å². The molecule has 0 atom stereocenters. The minimum absolute atomic E-state index is 0.0294. The number of hydrogen-bond acceptors (Lipinski definition) is 2. The maximum absolute atomic E-state index is 11.7. The summed E-state index contributed by atoms with van der Waals surface area (Å²) in [5.41, 5.74) is 0. The smallest absolute Gasteiger partial charge is 0.265 e. The van der Waals surface area contributed by atoms with E-state index in [4.69, 9.17) is 0 Å². The number of thiophene rings is 1. The van der Waals surface area contributed by atoms with Crippen molar-refractivity contribution in [3.05, 3.63) is 33.5 Å². The van der Waals surface area contributed by atoms with Crippen molar-refractivity contribution in [1.29, 1.82) is 0 Å². The quantitative estimate of drug-likeness (QED) is 0.765. The molecule has 0 aliphatic rings. The first-order valence-electron chi connectivity index (χ1n) is 3.76. The molecule has 1 aromatic heterocycles. The first-order valence-corrected chi connectivity index (χ1v) is 5.43. The summed E-state index contributed by atoms with van der Waals surface area (Å²) in [6, 6.07) is 1.87. The Kier molecular flexibility index (Phi) is 3.69. The van der Waals surface area contributed by atoms with Gasteiger partial charge in [-0.15, -0.1) is 17.9 Å². The molecule has 0 unspecified atom stereocenters. The number of likely N-dealkylation sites (N-methyl/N-ethyl adjacent to an activating group) is 1. The molecule has 1 heterocycles. The summed E-state index contributed by atoms with van der Waals surface area (Å²) in [5.74, 6) is 0.0294. The lowest BCUT2D eigenvalue weighted by molar-refractivity contribution is 0.0814. The van der Waals surface area contributed by atoms with Gasteiger partial charge in [0.1, 0.15) is 4.88 Å². The largest absolute Gasteiger partial charge is 0.337 e. The third kappa shape index (κ3) is 2.42. The lowest BCUT2D eigenvalue weighted by Gasteiger charge is -2.13. The predicted molar refractivity (Wildman–Crippen MR) is 59.2 cm³/mol. The van der Waals surface area contributed by atoms with E-state index >= 15 is 0 Å². The Labute approximate surface area is 90.0 Å². The number of hydrogen-bond donors (Lipinski definition) is 0. The molecular formula is C9H10BrNOS. The molecule has 70 valence electrons. The molecule has 0 aliphatic heterocycles. The Bertz CT molecular complexity index is 321. The summed E-state index contributed by atoms with van der Waals surface area (Å²) in [7, 11) is 1.76. The molecule has 0 aromatic carbocycles. The normalized spacial score (nSPS) is 9.69. The molecule has 0 aliphatic carbocycles. The first kappa shape index (κ1) is 10.5. The van der Waals surface area contributed by atoms with E-state index in [2.05, 4.69) is 22.5 Å². The molecule has 4 heteroatoms. The van der Waals surface area contributed by atoms with Crippen molar-refractivity contribution >= 4 is 33.2 Å². The molecule has 1 rings (SSSR count). The Morgan fingerprint density at radius 1 is 1.85 bits per heavy atom. The highest BCUT2D eigenvalue weighted by Gasteiger charge is 2.14. The van der Waals surface area contributed by atoms with Gasteiger partial charge in [-0.05, 0) is 27.4 Å². The van der Waals surface area contributed by atoms with Crippen molar-refractivity contribution < 1.29 is 4.79 Å². The van der Waals surface area contributed by atoms with Gasteiger partial charge in [-0.2, -0.15) is 0 Å². The van der Waals surface area contributed by atoms with Crippen LogP contribution in [0.2, 0.25) is 0 Å². The fourth-order valence-electron chi connectivity index (χ4n) is 0.896. The second kappa shape index (κ2) is 4.58. The summed E-state index contributed by atoms with van der Waals surface area (Å²) in [5, 5.41) is 1.89. The van der Waals surface area contributed by atoms with Crippen molar-refractivity contribution in [2.75, 3.05) is 13.6 Å². The molecule has 1 aromatic rings. The van der Waals surface area contributed by atoms with Gasteiger partial charge in [0.15, 0.2) is 0 Å². The third-order valence-corrected chi connectivity index (χ3v) is 3.39. The highest BCUT2D eigenvalue weighted by Crippen LogP contribution is 2.23. The molecule has 0 spiro atoms. The van der Waals surface area contributed by atoms with Crippen molar-refractivity contribution in [3.63, 3.8) is 0 Å². The van der Waals surface area contributed by atoms with Gasteiger partial charge in [-0.1, -0.05) is 6.08 Å². The lowest BCUT2D eigenvalue weighted by Crippen LogP contribution is -2.26. The van der Waals surface area contributed by atoms with Crippen molar-refractivity contribution in [2.24, 2.45) is 0 Å². The van der Waals surface area contributed by atoms with Crippen molar-refractivity contribution in [1.82, 2.24) is 4.90 Å². The van der Waals surface area contributed by atoms with Gasteiger partial charge in [-0.3, -0.25) is 4.79 Å². The van der Waals surface area contributed by atoms with E-state index in [1.807, 2.05) is 11.4 Å². The van der Waals surface area contributed by atoms with Gasteiger partial charge >= 0.3 is 0 Å². The standard InChI is InChI=1S/C9H10BrNOS/c1-3-5-11(2)9(12)8-7(10)4-6-13-8/h3-4,6H,1,5H2,2H3. The van der Waals surface area contributed by atoms with E-state index in [0.29, 0.717) is 6.54 Å². The van der Waals surface area contributed by atoms with Gasteiger partial charge < -0.3 is 4.90 Å². The zero-order valence-corrected chi connectivity index (χ0v) is 9.69. The topological polar surface area (TPSA) is 20.3 Å². The minimum atomic E-state index is 0.0294. The summed E-state index contributed by atoms with van der Waals surface area (Å²) in [4.78, 5) is 14.0. The van der Waals surface area contributed by atoms with Crippen LogP contribution in [-0.2, 0) is 0 Å². The van der Waals surface area contributed by atoms with Crippen LogP contribution in [-0.4, -0.2) is 24.4 Å². The Morgan fingerprint density at radius 3 is 3.00 bits per heavy atom. The zero-order chi connectivity index (χ0) is 9.84. The number of amides is 1. The molecule has 0 N–H and O–H groups in total. The molecule has 0 saturated heterocycles. The van der Waals surface area contributed by atoms with Crippen LogP contribution in [0.15, 0.2) is 28.6 Å². The van der Waals surface area contributed by atoms with Crippen LogP contribution in [0.3, 0.4) is 0 Å². The summed E-state index contributed by atoms with van der Waals surface area (Å²) in [6.07, 6.45) is 1.71. The summed E-state index contributed by atoms with van der Waals surface area (Å²) < 4.78 is 0.860. The average Bonchev–Trinajstić information content (AvgIpc) is 2.50. The van der Waals surface area contributed by atoms with Gasteiger partial charge in [0.05, 0.1) is 0 Å². The maximum Gasteiger partial charge on any atom is 0.265 e. The average molecular weight is 260 g/mol. The Morgan fingerprint density at radius 2 is 2.54 bits per heavy atom. The highest BCUT2D eigenvalue weighted by molar-refractivity contribution is 9.10. The number of carbonyl (C=O) groups excluding carboxylic acids is 1. The molecule has 0 saturated carbocycles. The van der Waals surface area contributed by atoms with E-state index in [1.54, 1.807) is 18.0 Å². The van der Waals surface area contributed by atoms with Gasteiger partial charge in [-0.25, -0.2) is 0 Å². The fourth-order valence-corrected chi connectivity index (χ4v) is 2.43. The summed E-state index contributed by atoms with van der Waals surface area (Å²) in [6.45, 7) is 4.16. The number of halogens is 1. The molecule has 0 fully saturated rings. The Hall–Kier alpha value is -0.610. The van der Waals surface area contributed by atoms with Crippen LogP contribution >= 0.6 is 27.3 Å². The van der Waals surface area contributed by atoms with Crippen LogP contribution in [0.4, 0.5) is 0 Å². The zero-order valence-electron chi connectivity index (χ0n) is 7.29. The maximum atomic E-state index is 11.7. The van der Waals surface area contributed by atoms with Crippen LogP contribution in [0, 0.1) is 0 Å². The van der Waals surface area contributed by atoms with E-state index in [9.17, 15) is 4.79 Å². The second-order valence-corrected chi connectivity index (χ2v) is 4.34. The SMILES string of the molecule is C=CCN(C)C(=O)c1sccc1Br. The van der Waals surface area contributed by atoms with Crippen LogP contribution < -0.4 is 0 Å². The van der Waals surface area contributed by atoms with Crippen molar-refractivity contribution in [2.45, 2.75) is 0 Å². The molecule has 1 amide bonds. The highest BCUT2D eigenvalue weighted by atomic mass is 79.9. The van der Waals surface area contributed by atoms with E-state index in [-0.39, 0.29) is 5.91 Å². The van der Waals surface area contributed by atoms with Crippen LogP contribution in [0.25, 0.3) is 0 Å². The van der Waals surface area contributed by atoms with E-state index in [0.717, 1.165) is 9.35 Å². The predicted octanol–water partition coefficient (Wildman–Crippen LogP) is 2.77. The third-order valence-electron chi connectivity index (χ3n) is 1.56. The van der Waals surface area contributed by atoms with Gasteiger partial charge in [0.25, 0.3) is 5.91 Å².